The molecule has 0 aliphatic carbocycles. The van der Waals surface area contributed by atoms with Crippen LogP contribution < -0.4 is 10.6 Å². The van der Waals surface area contributed by atoms with Gasteiger partial charge in [0, 0.05) is 22.9 Å². The summed E-state index contributed by atoms with van der Waals surface area (Å²) in [6.07, 6.45) is 0. The van der Waals surface area contributed by atoms with Crippen LogP contribution in [0.4, 0.5) is 11.5 Å². The molecule has 3 N–H and O–H groups in total. The topological polar surface area (TPSA) is 104 Å². The summed E-state index contributed by atoms with van der Waals surface area (Å²) >= 11 is 0. The van der Waals surface area contributed by atoms with E-state index in [1.54, 1.807) is 24.3 Å². The lowest BCUT2D eigenvalue weighted by molar-refractivity contribution is -0.135. The third-order valence-electron chi connectivity index (χ3n) is 3.70. The van der Waals surface area contributed by atoms with Crippen molar-refractivity contribution in [1.29, 1.82) is 0 Å². The summed E-state index contributed by atoms with van der Waals surface area (Å²) < 4.78 is 0. The van der Waals surface area contributed by atoms with Gasteiger partial charge in [0.05, 0.1) is 5.69 Å². The number of anilines is 2. The summed E-state index contributed by atoms with van der Waals surface area (Å²) in [5, 5.41) is 14.2. The zero-order chi connectivity index (χ0) is 19.2. The first-order valence-corrected chi connectivity index (χ1v) is 8.29. The van der Waals surface area contributed by atoms with Crippen LogP contribution in [0.5, 0.6) is 0 Å². The number of carbonyl (C=O) groups is 2. The molecule has 136 valence electrons. The summed E-state index contributed by atoms with van der Waals surface area (Å²) in [6.45, 7) is 1.38. The second kappa shape index (κ2) is 8.09. The second-order valence-corrected chi connectivity index (χ2v) is 5.83. The van der Waals surface area contributed by atoms with Gasteiger partial charge >= 0.3 is 5.97 Å². The number of carboxylic acid groups (broad SMARTS) is 1. The molecule has 27 heavy (non-hydrogen) atoms. The van der Waals surface area contributed by atoms with E-state index >= 15 is 0 Å². The SMILES string of the molecule is Cc1nc(Nc2cccc(C(=O)NCC(=O)O)c2)cc(-c2ccccc2)n1. The van der Waals surface area contributed by atoms with Gasteiger partial charge in [-0.05, 0) is 25.1 Å². The molecule has 0 fully saturated rings. The number of nitrogens with one attached hydrogen (secondary N) is 2. The van der Waals surface area contributed by atoms with Gasteiger partial charge in [0.25, 0.3) is 5.91 Å². The van der Waals surface area contributed by atoms with Crippen molar-refractivity contribution < 1.29 is 14.7 Å². The molecule has 1 amide bonds. The van der Waals surface area contributed by atoms with Gasteiger partial charge in [-0.3, -0.25) is 9.59 Å². The van der Waals surface area contributed by atoms with Crippen LogP contribution in [0, 0.1) is 6.92 Å². The number of aliphatic carboxylic acids is 1. The van der Waals surface area contributed by atoms with E-state index in [2.05, 4.69) is 20.6 Å². The maximum Gasteiger partial charge on any atom is 0.322 e. The predicted octanol–water partition coefficient (Wildman–Crippen LogP) is 3.01. The summed E-state index contributed by atoms with van der Waals surface area (Å²) in [5.41, 5.74) is 2.79. The van der Waals surface area contributed by atoms with Gasteiger partial charge in [-0.2, -0.15) is 0 Å². The average Bonchev–Trinajstić information content (AvgIpc) is 2.66. The van der Waals surface area contributed by atoms with Crippen molar-refractivity contribution in [2.24, 2.45) is 0 Å². The molecule has 0 aliphatic heterocycles. The second-order valence-electron chi connectivity index (χ2n) is 5.83. The number of benzene rings is 2. The van der Waals surface area contributed by atoms with Crippen LogP contribution in [0.3, 0.4) is 0 Å². The van der Waals surface area contributed by atoms with Crippen LogP contribution in [0.25, 0.3) is 11.3 Å². The fraction of sp³-hybridized carbons (Fsp3) is 0.100. The first-order valence-electron chi connectivity index (χ1n) is 8.29. The Labute approximate surface area is 156 Å². The first kappa shape index (κ1) is 18.1. The number of aromatic nitrogens is 2. The highest BCUT2D eigenvalue weighted by Gasteiger charge is 2.09. The van der Waals surface area contributed by atoms with Gasteiger partial charge in [0.15, 0.2) is 0 Å². The van der Waals surface area contributed by atoms with E-state index in [0.29, 0.717) is 22.9 Å². The smallest absolute Gasteiger partial charge is 0.322 e. The molecule has 3 rings (SSSR count). The predicted molar refractivity (Wildman–Crippen MR) is 102 cm³/mol. The largest absolute Gasteiger partial charge is 0.480 e. The van der Waals surface area contributed by atoms with Crippen LogP contribution in [0.1, 0.15) is 16.2 Å². The quantitative estimate of drug-likeness (QED) is 0.623. The highest BCUT2D eigenvalue weighted by Crippen LogP contribution is 2.22. The maximum atomic E-state index is 12.0. The van der Waals surface area contributed by atoms with Crippen molar-refractivity contribution in [3.8, 4) is 11.3 Å². The number of nitrogens with zero attached hydrogens (tertiary/aromatic N) is 2. The number of rotatable bonds is 6. The van der Waals surface area contributed by atoms with E-state index in [9.17, 15) is 9.59 Å². The molecule has 0 saturated heterocycles. The summed E-state index contributed by atoms with van der Waals surface area (Å²) in [4.78, 5) is 31.5. The molecular weight excluding hydrogens is 344 g/mol. The average molecular weight is 362 g/mol. The minimum Gasteiger partial charge on any atom is -0.480 e. The highest BCUT2D eigenvalue weighted by atomic mass is 16.4. The minimum atomic E-state index is -1.09. The van der Waals surface area contributed by atoms with Crippen molar-refractivity contribution in [3.63, 3.8) is 0 Å². The van der Waals surface area contributed by atoms with Gasteiger partial charge in [-0.1, -0.05) is 36.4 Å². The van der Waals surface area contributed by atoms with Gasteiger partial charge in [-0.15, -0.1) is 0 Å². The lowest BCUT2D eigenvalue weighted by Gasteiger charge is -2.10. The van der Waals surface area contributed by atoms with E-state index in [1.807, 2.05) is 43.3 Å². The highest BCUT2D eigenvalue weighted by molar-refractivity contribution is 5.96. The molecule has 0 aliphatic rings. The van der Waals surface area contributed by atoms with E-state index in [1.165, 1.54) is 0 Å². The number of hydrogen-bond acceptors (Lipinski definition) is 5. The van der Waals surface area contributed by atoms with Crippen molar-refractivity contribution >= 4 is 23.4 Å². The Bertz CT molecular complexity index is 974. The van der Waals surface area contributed by atoms with Crippen LogP contribution in [0.15, 0.2) is 60.7 Å². The molecule has 0 bridgehead atoms. The maximum absolute atomic E-state index is 12.0. The van der Waals surface area contributed by atoms with Crippen LogP contribution >= 0.6 is 0 Å². The zero-order valence-corrected chi connectivity index (χ0v) is 14.6. The van der Waals surface area contributed by atoms with Crippen molar-refractivity contribution in [2.75, 3.05) is 11.9 Å². The molecule has 0 saturated carbocycles. The molecule has 0 radical (unpaired) electrons. The van der Waals surface area contributed by atoms with E-state index in [4.69, 9.17) is 5.11 Å². The fourth-order valence-corrected chi connectivity index (χ4v) is 2.53. The van der Waals surface area contributed by atoms with Gasteiger partial charge in [0.2, 0.25) is 0 Å². The standard InChI is InChI=1S/C20H18N4O3/c1-13-22-17(14-6-3-2-4-7-14)11-18(23-13)24-16-9-5-8-15(10-16)20(27)21-12-19(25)26/h2-11H,12H2,1H3,(H,21,27)(H,25,26)(H,22,23,24). The lowest BCUT2D eigenvalue weighted by Crippen LogP contribution is -2.29. The number of aryl methyl sites for hydroxylation is 1. The monoisotopic (exact) mass is 362 g/mol. The lowest BCUT2D eigenvalue weighted by atomic mass is 10.1. The molecule has 1 aromatic heterocycles. The van der Waals surface area contributed by atoms with E-state index < -0.39 is 18.4 Å². The minimum absolute atomic E-state index is 0.357. The third-order valence-corrected chi connectivity index (χ3v) is 3.70. The Balaban J connectivity index is 1.81. The summed E-state index contributed by atoms with van der Waals surface area (Å²) in [6, 6.07) is 18.4. The van der Waals surface area contributed by atoms with Gasteiger partial charge < -0.3 is 15.7 Å². The summed E-state index contributed by atoms with van der Waals surface area (Å²) in [7, 11) is 0. The van der Waals surface area contributed by atoms with Crippen LogP contribution in [-0.4, -0.2) is 33.5 Å². The normalized spacial score (nSPS) is 10.3. The first-order chi connectivity index (χ1) is 13.0. The van der Waals surface area contributed by atoms with E-state index in [-0.39, 0.29) is 0 Å². The van der Waals surface area contributed by atoms with Crippen LogP contribution in [0.2, 0.25) is 0 Å². The molecule has 0 unspecified atom stereocenters. The zero-order valence-electron chi connectivity index (χ0n) is 14.6. The molecule has 7 heteroatoms. The number of hydrogen-bond donors (Lipinski definition) is 3. The molecular formula is C20H18N4O3. The molecule has 2 aromatic carbocycles. The molecule has 7 nitrogen and oxygen atoms in total. The Hall–Kier alpha value is -3.74. The summed E-state index contributed by atoms with van der Waals surface area (Å²) in [5.74, 6) is -0.328. The molecule has 1 heterocycles. The fourth-order valence-electron chi connectivity index (χ4n) is 2.53. The molecule has 3 aromatic rings. The van der Waals surface area contributed by atoms with Crippen molar-refractivity contribution in [1.82, 2.24) is 15.3 Å². The third kappa shape index (κ3) is 4.88. The van der Waals surface area contributed by atoms with Gasteiger partial charge in [0.1, 0.15) is 18.2 Å². The Morgan fingerprint density at radius 2 is 1.78 bits per heavy atom. The Morgan fingerprint density at radius 1 is 1.00 bits per heavy atom. The molecule has 0 spiro atoms. The van der Waals surface area contributed by atoms with Crippen molar-refractivity contribution in [2.45, 2.75) is 6.92 Å². The Morgan fingerprint density at radius 3 is 2.52 bits per heavy atom. The van der Waals surface area contributed by atoms with Gasteiger partial charge in [-0.25, -0.2) is 9.97 Å². The number of carbonyl (C=O) groups excluding carboxylic acids is 1. The number of amides is 1. The van der Waals surface area contributed by atoms with Crippen LogP contribution in [-0.2, 0) is 4.79 Å². The molecule has 0 atom stereocenters. The Kier molecular flexibility index (Phi) is 5.41. The van der Waals surface area contributed by atoms with E-state index in [0.717, 1.165) is 11.3 Å². The number of carboxylic acids is 1. The van der Waals surface area contributed by atoms with Crippen molar-refractivity contribution in [3.05, 3.63) is 72.1 Å².